The largest absolute Gasteiger partial charge is 0.494 e. The number of fused-ring (bicyclic) bond motifs is 1. The summed E-state index contributed by atoms with van der Waals surface area (Å²) in [6.45, 7) is 5.59. The first-order chi connectivity index (χ1) is 10.7. The molecule has 4 nitrogen and oxygen atoms in total. The van der Waals surface area contributed by atoms with Gasteiger partial charge in [0.2, 0.25) is 0 Å². The second-order valence-electron chi connectivity index (χ2n) is 6.52. The number of nitrogens with one attached hydrogen (secondary N) is 1. The quantitative estimate of drug-likeness (QED) is 0.878. The number of hydrogen-bond acceptors (Lipinski definition) is 4. The summed E-state index contributed by atoms with van der Waals surface area (Å²) in [5.74, 6) is 1.98. The molecule has 0 aromatic heterocycles. The minimum absolute atomic E-state index is 0.105. The molecule has 1 atom stereocenters. The lowest BCUT2D eigenvalue weighted by molar-refractivity contribution is 0.116. The van der Waals surface area contributed by atoms with Crippen LogP contribution in [0.1, 0.15) is 50.7 Å². The van der Waals surface area contributed by atoms with Crippen LogP contribution in [0.4, 0.5) is 0 Å². The first-order valence-corrected chi connectivity index (χ1v) is 8.52. The van der Waals surface area contributed by atoms with Crippen molar-refractivity contribution < 1.29 is 14.6 Å². The molecule has 22 heavy (non-hydrogen) atoms. The van der Waals surface area contributed by atoms with E-state index in [1.807, 2.05) is 6.92 Å². The molecule has 2 aliphatic rings. The number of hydrogen-bond donors (Lipinski definition) is 2. The minimum atomic E-state index is -0.105. The van der Waals surface area contributed by atoms with Gasteiger partial charge in [-0.1, -0.05) is 0 Å². The second kappa shape index (κ2) is 6.88. The van der Waals surface area contributed by atoms with Crippen LogP contribution >= 0.6 is 0 Å². The molecule has 0 spiro atoms. The fourth-order valence-electron chi connectivity index (χ4n) is 3.44. The lowest BCUT2D eigenvalue weighted by atomic mass is 9.93. The molecule has 4 heteroatoms. The molecule has 0 radical (unpaired) electrons. The predicted molar refractivity (Wildman–Crippen MR) is 86.5 cm³/mol. The average molecular weight is 305 g/mol. The normalized spacial score (nSPS) is 27.3. The van der Waals surface area contributed by atoms with Crippen molar-refractivity contribution in [2.24, 2.45) is 0 Å². The Morgan fingerprint density at radius 3 is 2.77 bits per heavy atom. The average Bonchev–Trinajstić information content (AvgIpc) is 2.86. The molecule has 1 heterocycles. The molecule has 1 aliphatic carbocycles. The van der Waals surface area contributed by atoms with E-state index in [0.717, 1.165) is 50.1 Å². The molecule has 1 aromatic carbocycles. The molecule has 1 saturated carbocycles. The van der Waals surface area contributed by atoms with E-state index in [4.69, 9.17) is 9.47 Å². The van der Waals surface area contributed by atoms with Crippen LogP contribution in [0.25, 0.3) is 0 Å². The predicted octanol–water partition coefficient (Wildman–Crippen LogP) is 2.80. The number of aliphatic hydroxyl groups excluding tert-OH is 1. The highest BCUT2D eigenvalue weighted by atomic mass is 16.5. The van der Waals surface area contributed by atoms with Crippen LogP contribution < -0.4 is 14.8 Å². The van der Waals surface area contributed by atoms with Gasteiger partial charge in [-0.3, -0.25) is 0 Å². The SMILES string of the molecule is CCOc1cc2c(cc1CNC1CCC(O)CC1)OC(C)C2. The van der Waals surface area contributed by atoms with E-state index >= 15 is 0 Å². The molecule has 0 saturated heterocycles. The van der Waals surface area contributed by atoms with E-state index in [2.05, 4.69) is 24.4 Å². The Bertz CT molecular complexity index is 509. The van der Waals surface area contributed by atoms with Gasteiger partial charge in [0.1, 0.15) is 17.6 Å². The summed E-state index contributed by atoms with van der Waals surface area (Å²) in [6.07, 6.45) is 5.01. The van der Waals surface area contributed by atoms with Gasteiger partial charge in [0.05, 0.1) is 12.7 Å². The molecular formula is C18H27NO3. The van der Waals surface area contributed by atoms with E-state index in [9.17, 15) is 5.11 Å². The van der Waals surface area contributed by atoms with Crippen LogP contribution in [0.15, 0.2) is 12.1 Å². The van der Waals surface area contributed by atoms with Crippen molar-refractivity contribution in [2.45, 2.75) is 70.7 Å². The number of ether oxygens (including phenoxy) is 2. The molecule has 2 N–H and O–H groups in total. The highest BCUT2D eigenvalue weighted by Crippen LogP contribution is 2.35. The summed E-state index contributed by atoms with van der Waals surface area (Å²) in [5, 5.41) is 13.2. The first kappa shape index (κ1) is 15.6. The van der Waals surface area contributed by atoms with Gasteiger partial charge in [-0.05, 0) is 51.7 Å². The molecular weight excluding hydrogens is 278 g/mol. The van der Waals surface area contributed by atoms with Crippen LogP contribution in [0.2, 0.25) is 0 Å². The van der Waals surface area contributed by atoms with Crippen molar-refractivity contribution in [3.63, 3.8) is 0 Å². The van der Waals surface area contributed by atoms with E-state index < -0.39 is 0 Å². The van der Waals surface area contributed by atoms with Crippen LogP contribution in [0, 0.1) is 0 Å². The highest BCUT2D eigenvalue weighted by molar-refractivity contribution is 5.48. The van der Waals surface area contributed by atoms with Gasteiger partial charge in [-0.15, -0.1) is 0 Å². The van der Waals surface area contributed by atoms with Crippen molar-refractivity contribution >= 4 is 0 Å². The molecule has 1 aliphatic heterocycles. The maximum absolute atomic E-state index is 9.59. The Labute approximate surface area is 132 Å². The summed E-state index contributed by atoms with van der Waals surface area (Å²) in [4.78, 5) is 0. The summed E-state index contributed by atoms with van der Waals surface area (Å²) >= 11 is 0. The van der Waals surface area contributed by atoms with Crippen LogP contribution in [0.5, 0.6) is 11.5 Å². The number of rotatable bonds is 5. The van der Waals surface area contributed by atoms with Crippen molar-refractivity contribution in [1.82, 2.24) is 5.32 Å². The fraction of sp³-hybridized carbons (Fsp3) is 0.667. The summed E-state index contributed by atoms with van der Waals surface area (Å²) in [7, 11) is 0. The topological polar surface area (TPSA) is 50.7 Å². The van der Waals surface area contributed by atoms with Crippen molar-refractivity contribution in [3.8, 4) is 11.5 Å². The monoisotopic (exact) mass is 305 g/mol. The van der Waals surface area contributed by atoms with Crippen molar-refractivity contribution in [1.29, 1.82) is 0 Å². The van der Waals surface area contributed by atoms with E-state index in [0.29, 0.717) is 12.6 Å². The van der Waals surface area contributed by atoms with Gasteiger partial charge in [-0.2, -0.15) is 0 Å². The zero-order valence-corrected chi connectivity index (χ0v) is 13.6. The third-order valence-electron chi connectivity index (χ3n) is 4.66. The maximum atomic E-state index is 9.59. The van der Waals surface area contributed by atoms with Gasteiger partial charge in [0, 0.05) is 30.1 Å². The van der Waals surface area contributed by atoms with E-state index in [1.165, 1.54) is 11.1 Å². The molecule has 3 rings (SSSR count). The van der Waals surface area contributed by atoms with Crippen LogP contribution in [-0.2, 0) is 13.0 Å². The lowest BCUT2D eigenvalue weighted by Crippen LogP contribution is -2.34. The van der Waals surface area contributed by atoms with Gasteiger partial charge in [0.25, 0.3) is 0 Å². The van der Waals surface area contributed by atoms with Crippen molar-refractivity contribution in [2.75, 3.05) is 6.61 Å². The smallest absolute Gasteiger partial charge is 0.124 e. The fourth-order valence-corrected chi connectivity index (χ4v) is 3.44. The lowest BCUT2D eigenvalue weighted by Gasteiger charge is -2.26. The standard InChI is InChI=1S/C18H27NO3/c1-3-21-17-9-13-8-12(2)22-18(13)10-14(17)11-19-15-4-6-16(20)7-5-15/h9-10,12,15-16,19-20H,3-8,11H2,1-2H3. The first-order valence-electron chi connectivity index (χ1n) is 8.52. The van der Waals surface area contributed by atoms with Gasteiger partial charge >= 0.3 is 0 Å². The molecule has 0 bridgehead atoms. The third kappa shape index (κ3) is 3.55. The second-order valence-corrected chi connectivity index (χ2v) is 6.52. The van der Waals surface area contributed by atoms with Crippen LogP contribution in [0.3, 0.4) is 0 Å². The summed E-state index contributed by atoms with van der Waals surface area (Å²) < 4.78 is 11.7. The summed E-state index contributed by atoms with van der Waals surface area (Å²) in [5.41, 5.74) is 2.42. The molecule has 0 amide bonds. The zero-order valence-electron chi connectivity index (χ0n) is 13.6. The zero-order chi connectivity index (χ0) is 15.5. The molecule has 1 unspecified atom stereocenters. The van der Waals surface area contributed by atoms with Gasteiger partial charge in [-0.25, -0.2) is 0 Å². The van der Waals surface area contributed by atoms with E-state index in [-0.39, 0.29) is 12.2 Å². The number of aliphatic hydroxyl groups is 1. The van der Waals surface area contributed by atoms with Gasteiger partial charge < -0.3 is 19.9 Å². The highest BCUT2D eigenvalue weighted by Gasteiger charge is 2.23. The molecule has 122 valence electrons. The Kier molecular flexibility index (Phi) is 4.89. The molecule has 1 aromatic rings. The Hall–Kier alpha value is -1.26. The Morgan fingerprint density at radius 1 is 1.27 bits per heavy atom. The Morgan fingerprint density at radius 2 is 2.05 bits per heavy atom. The minimum Gasteiger partial charge on any atom is -0.494 e. The maximum Gasteiger partial charge on any atom is 0.124 e. The third-order valence-corrected chi connectivity index (χ3v) is 4.66. The van der Waals surface area contributed by atoms with Gasteiger partial charge in [0.15, 0.2) is 0 Å². The number of benzene rings is 1. The van der Waals surface area contributed by atoms with E-state index in [1.54, 1.807) is 0 Å². The Balaban J connectivity index is 1.68. The van der Waals surface area contributed by atoms with Crippen LogP contribution in [-0.4, -0.2) is 30.0 Å². The molecule has 1 fully saturated rings. The summed E-state index contributed by atoms with van der Waals surface area (Å²) in [6, 6.07) is 4.77. The van der Waals surface area contributed by atoms with Crippen molar-refractivity contribution in [3.05, 3.63) is 23.3 Å².